The number of ether oxygens (including phenoxy) is 2. The molecular weight excluding hydrogens is 737 g/mol. The zero-order chi connectivity index (χ0) is 38.9. The number of aromatic nitrogens is 1. The van der Waals surface area contributed by atoms with Crippen molar-refractivity contribution in [3.05, 3.63) is 218 Å². The van der Waals surface area contributed by atoms with Crippen molar-refractivity contribution in [2.75, 3.05) is 4.90 Å². The molecule has 5 heteroatoms. The van der Waals surface area contributed by atoms with Crippen LogP contribution < -0.4 is 35.1 Å². The lowest BCUT2D eigenvalue weighted by atomic mass is 10.0. The third-order valence-electron chi connectivity index (χ3n) is 12.1. The molecule has 1 unspecified atom stereocenters. The zero-order valence-electron chi connectivity index (χ0n) is 32.0. The van der Waals surface area contributed by atoms with Gasteiger partial charge in [-0.1, -0.05) is 146 Å². The summed E-state index contributed by atoms with van der Waals surface area (Å²) in [5, 5.41) is 7.17. The number of para-hydroxylation sites is 5. The van der Waals surface area contributed by atoms with Crippen LogP contribution in [0.1, 0.15) is 0 Å². The molecular formula is C54H36N2O2Si. The van der Waals surface area contributed by atoms with Crippen LogP contribution in [0.5, 0.6) is 23.0 Å². The van der Waals surface area contributed by atoms with Crippen LogP contribution in [0.15, 0.2) is 218 Å². The first-order valence-corrected chi connectivity index (χ1v) is 22.1. The van der Waals surface area contributed by atoms with Crippen LogP contribution in [-0.4, -0.2) is 12.6 Å². The Balaban J connectivity index is 1.16. The van der Waals surface area contributed by atoms with Crippen LogP contribution in [0, 0.1) is 0 Å². The molecule has 0 saturated carbocycles. The summed E-state index contributed by atoms with van der Waals surface area (Å²) in [4.78, 5) is 2.36. The highest BCUT2D eigenvalue weighted by molar-refractivity contribution is 7.21. The Bertz CT molecular complexity index is 3210. The van der Waals surface area contributed by atoms with Crippen LogP contribution in [0.3, 0.4) is 0 Å². The second-order valence-corrected chi connectivity index (χ2v) is 18.9. The molecule has 1 spiro atoms. The maximum absolute atomic E-state index is 7.27. The molecule has 0 radical (unpaired) electrons. The van der Waals surface area contributed by atoms with E-state index in [-0.39, 0.29) is 0 Å². The van der Waals surface area contributed by atoms with Crippen molar-refractivity contribution in [3.63, 3.8) is 0 Å². The van der Waals surface area contributed by atoms with E-state index in [1.54, 1.807) is 0 Å². The number of anilines is 3. The van der Waals surface area contributed by atoms with Crippen LogP contribution in [-0.2, 0) is 0 Å². The van der Waals surface area contributed by atoms with Gasteiger partial charge in [-0.2, -0.15) is 0 Å². The van der Waals surface area contributed by atoms with Gasteiger partial charge in [-0.25, -0.2) is 0 Å². The van der Waals surface area contributed by atoms with Crippen LogP contribution in [0.4, 0.5) is 17.1 Å². The van der Waals surface area contributed by atoms with Gasteiger partial charge < -0.3 is 18.9 Å². The first kappa shape index (κ1) is 33.5. The fourth-order valence-electron chi connectivity index (χ4n) is 9.60. The van der Waals surface area contributed by atoms with E-state index in [9.17, 15) is 0 Å². The van der Waals surface area contributed by atoms with Gasteiger partial charge in [-0.05, 0) is 105 Å². The molecule has 278 valence electrons. The highest BCUT2D eigenvalue weighted by Crippen LogP contribution is 2.44. The number of benzene rings is 9. The van der Waals surface area contributed by atoms with Gasteiger partial charge >= 0.3 is 0 Å². The SMILES string of the molecule is c1ccc(-c2ccc(N(c3ccccc3)c3ccc4c(c3)[Si]3(c5ccccc5O4)c4ccccc4Oc4c3ccc3c5ccccc5n(-c5ccccc5)c43)cc2)cc1. The van der Waals surface area contributed by atoms with Crippen molar-refractivity contribution in [3.8, 4) is 39.8 Å². The van der Waals surface area contributed by atoms with Crippen molar-refractivity contribution < 1.29 is 9.47 Å². The molecule has 0 N–H and O–H groups in total. The Labute approximate surface area is 343 Å². The largest absolute Gasteiger partial charge is 0.458 e. The van der Waals surface area contributed by atoms with E-state index in [4.69, 9.17) is 9.47 Å². The second kappa shape index (κ2) is 13.2. The molecule has 10 aromatic rings. The third kappa shape index (κ3) is 5.02. The lowest BCUT2D eigenvalue weighted by molar-refractivity contribution is 0.483. The van der Waals surface area contributed by atoms with Gasteiger partial charge in [-0.15, -0.1) is 0 Å². The molecule has 0 saturated heterocycles. The van der Waals surface area contributed by atoms with Gasteiger partial charge in [0.15, 0.2) is 13.8 Å². The predicted octanol–water partition coefficient (Wildman–Crippen LogP) is 11.5. The molecule has 1 atom stereocenters. The van der Waals surface area contributed by atoms with Gasteiger partial charge in [-0.3, -0.25) is 0 Å². The van der Waals surface area contributed by atoms with Gasteiger partial charge in [0.2, 0.25) is 0 Å². The molecule has 1 aromatic heterocycles. The van der Waals surface area contributed by atoms with E-state index in [1.807, 2.05) is 0 Å². The molecule has 2 aliphatic heterocycles. The van der Waals surface area contributed by atoms with Gasteiger partial charge in [0, 0.05) is 33.5 Å². The minimum Gasteiger partial charge on any atom is -0.458 e. The van der Waals surface area contributed by atoms with Gasteiger partial charge in [0.25, 0.3) is 0 Å². The van der Waals surface area contributed by atoms with Crippen LogP contribution in [0.25, 0.3) is 38.6 Å². The highest BCUT2D eigenvalue weighted by Gasteiger charge is 2.54. The average molecular weight is 773 g/mol. The first-order valence-electron chi connectivity index (χ1n) is 20.1. The first-order chi connectivity index (χ1) is 29.3. The predicted molar refractivity (Wildman–Crippen MR) is 245 cm³/mol. The summed E-state index contributed by atoms with van der Waals surface area (Å²) < 4.78 is 16.6. The Hall–Kier alpha value is -7.60. The maximum Gasteiger partial charge on any atom is 0.196 e. The Morgan fingerprint density at radius 3 is 1.68 bits per heavy atom. The molecule has 9 aromatic carbocycles. The van der Waals surface area contributed by atoms with Crippen LogP contribution >= 0.6 is 0 Å². The number of fused-ring (bicyclic) bond motifs is 12. The Kier molecular flexibility index (Phi) is 7.52. The van der Waals surface area contributed by atoms with E-state index >= 15 is 0 Å². The van der Waals surface area contributed by atoms with Crippen molar-refractivity contribution in [2.45, 2.75) is 0 Å². The molecule has 0 amide bonds. The maximum atomic E-state index is 7.27. The highest BCUT2D eigenvalue weighted by atomic mass is 28.3. The molecule has 3 heterocycles. The normalized spacial score (nSPS) is 14.8. The summed E-state index contributed by atoms with van der Waals surface area (Å²) >= 11 is 0. The van der Waals surface area contributed by atoms with Gasteiger partial charge in [0.1, 0.15) is 17.2 Å². The fraction of sp³-hybridized carbons (Fsp3) is 0. The van der Waals surface area contributed by atoms with E-state index in [1.165, 1.54) is 37.3 Å². The summed E-state index contributed by atoms with van der Waals surface area (Å²) in [5.41, 5.74) is 8.90. The molecule has 0 bridgehead atoms. The van der Waals surface area contributed by atoms with Crippen molar-refractivity contribution in [1.29, 1.82) is 0 Å². The lowest BCUT2D eigenvalue weighted by Gasteiger charge is -2.43. The van der Waals surface area contributed by atoms with Crippen molar-refractivity contribution >= 4 is 67.7 Å². The quantitative estimate of drug-likeness (QED) is 0.163. The van der Waals surface area contributed by atoms with E-state index in [0.717, 1.165) is 62.2 Å². The van der Waals surface area contributed by atoms with Crippen molar-refractivity contribution in [1.82, 2.24) is 4.57 Å². The number of hydrogen-bond acceptors (Lipinski definition) is 3. The summed E-state index contributed by atoms with van der Waals surface area (Å²) in [5.74, 6) is 3.55. The molecule has 0 fully saturated rings. The smallest absolute Gasteiger partial charge is 0.196 e. The van der Waals surface area contributed by atoms with Crippen LogP contribution in [0.2, 0.25) is 0 Å². The van der Waals surface area contributed by atoms with Gasteiger partial charge in [0.05, 0.1) is 11.0 Å². The second-order valence-electron chi connectivity index (χ2n) is 15.2. The molecule has 12 rings (SSSR count). The summed E-state index contributed by atoms with van der Waals surface area (Å²) in [7, 11) is -3.16. The molecule has 0 aliphatic carbocycles. The lowest BCUT2D eigenvalue weighted by Crippen LogP contribution is -2.77. The number of nitrogens with zero attached hydrogens (tertiary/aromatic N) is 2. The summed E-state index contributed by atoms with van der Waals surface area (Å²) in [6, 6.07) is 78.3. The average Bonchev–Trinajstić information content (AvgIpc) is 3.65. The standard InChI is InChI=1S/C54H36N2O2Si/c1-4-16-37(17-5-1)38-28-30-41(31-29-38)55(39-18-6-2-7-19-39)42-32-34-48-52(36-42)59(49-26-14-12-24-46(49)57-48)50-27-15-13-25-47(50)58-54-51(59)35-33-44-43-22-10-11-23-45(43)56(53(44)54)40-20-8-3-9-21-40/h1-36H. The monoisotopic (exact) mass is 772 g/mol. The third-order valence-corrected chi connectivity index (χ3v) is 16.9. The summed E-state index contributed by atoms with van der Waals surface area (Å²) in [6.45, 7) is 0. The van der Waals surface area contributed by atoms with E-state index in [0.29, 0.717) is 0 Å². The van der Waals surface area contributed by atoms with E-state index < -0.39 is 8.07 Å². The zero-order valence-corrected chi connectivity index (χ0v) is 33.0. The fourth-order valence-corrected chi connectivity index (χ4v) is 14.8. The Morgan fingerprint density at radius 2 is 0.932 bits per heavy atom. The molecule has 59 heavy (non-hydrogen) atoms. The molecule has 4 nitrogen and oxygen atoms in total. The number of rotatable bonds is 5. The minimum atomic E-state index is -3.16. The number of hydrogen-bond donors (Lipinski definition) is 0. The summed E-state index contributed by atoms with van der Waals surface area (Å²) in [6.07, 6.45) is 0. The topological polar surface area (TPSA) is 26.6 Å². The minimum absolute atomic E-state index is 0.873. The van der Waals surface area contributed by atoms with E-state index in [2.05, 4.69) is 228 Å². The van der Waals surface area contributed by atoms with Crippen molar-refractivity contribution in [2.24, 2.45) is 0 Å². The molecule has 2 aliphatic rings. The Morgan fingerprint density at radius 1 is 0.373 bits per heavy atom.